The smallest absolute Gasteiger partial charge is 0.305 e. The van der Waals surface area contributed by atoms with Gasteiger partial charge in [-0.25, -0.2) is 0 Å². The number of carbonyl (C=O) groups is 2. The summed E-state index contributed by atoms with van der Waals surface area (Å²) in [6.45, 7) is 4.30. The lowest BCUT2D eigenvalue weighted by Gasteiger charge is -2.40. The van der Waals surface area contributed by atoms with Gasteiger partial charge in [0.15, 0.2) is 6.29 Å². The van der Waals surface area contributed by atoms with E-state index in [0.717, 1.165) is 77.0 Å². The third-order valence-corrected chi connectivity index (χ3v) is 14.7. The molecule has 0 bridgehead atoms. The summed E-state index contributed by atoms with van der Waals surface area (Å²) in [6.07, 6.45) is 55.4. The molecule has 6 N–H and O–H groups in total. The number of hydrogen-bond donors (Lipinski definition) is 6. The van der Waals surface area contributed by atoms with Crippen molar-refractivity contribution in [3.8, 4) is 0 Å². The molecule has 11 nitrogen and oxygen atoms in total. The summed E-state index contributed by atoms with van der Waals surface area (Å²) in [4.78, 5) is 25.1. The highest BCUT2D eigenvalue weighted by Gasteiger charge is 2.44. The molecule has 1 heterocycles. The summed E-state index contributed by atoms with van der Waals surface area (Å²) in [5.74, 6) is -0.204. The minimum atomic E-state index is -1.57. The van der Waals surface area contributed by atoms with Gasteiger partial charge < -0.3 is 45.1 Å². The molecule has 1 saturated heterocycles. The number of nitrogens with one attached hydrogen (secondary N) is 1. The molecule has 434 valence electrons. The standard InChI is InChI=1S/C63H117NO10/c1-3-5-7-9-11-13-14-15-16-21-25-28-31-35-39-43-47-51-59(68)72-52-48-44-40-36-32-29-26-23-20-18-17-19-22-24-27-30-34-38-42-46-50-58(67)64-55(56(66)49-45-41-37-33-12-10-8-6-4-2)54-73-63-62(71)61(70)60(69)57(53-65)74-63/h15-17,19,45,49,55-57,60-63,65-66,69-71H,3-14,18,20-44,46-48,50-54H2,1-2H3,(H,64,67)/b16-15-,19-17-,49-45+. The predicted octanol–water partition coefficient (Wildman–Crippen LogP) is 14.7. The number of allylic oxidation sites excluding steroid dienone is 5. The molecule has 7 unspecified atom stereocenters. The van der Waals surface area contributed by atoms with E-state index >= 15 is 0 Å². The second-order valence-corrected chi connectivity index (χ2v) is 21.8. The average Bonchev–Trinajstić information content (AvgIpc) is 3.40. The molecule has 0 aromatic heterocycles. The molecule has 0 radical (unpaired) electrons. The van der Waals surface area contributed by atoms with Crippen LogP contribution in [0.1, 0.15) is 290 Å². The van der Waals surface area contributed by atoms with E-state index in [1.165, 1.54) is 186 Å². The van der Waals surface area contributed by atoms with Crippen LogP contribution in [0.3, 0.4) is 0 Å². The minimum Gasteiger partial charge on any atom is -0.466 e. The molecule has 1 aliphatic heterocycles. The Kier molecular flexibility index (Phi) is 50.0. The van der Waals surface area contributed by atoms with Crippen LogP contribution >= 0.6 is 0 Å². The Balaban J connectivity index is 2.00. The number of amides is 1. The first kappa shape index (κ1) is 69.9. The highest BCUT2D eigenvalue weighted by atomic mass is 16.7. The van der Waals surface area contributed by atoms with Crippen molar-refractivity contribution >= 4 is 11.9 Å². The summed E-state index contributed by atoms with van der Waals surface area (Å²) in [5.41, 5.74) is 0. The lowest BCUT2D eigenvalue weighted by atomic mass is 9.99. The van der Waals surface area contributed by atoms with E-state index < -0.39 is 49.5 Å². The number of esters is 1. The lowest BCUT2D eigenvalue weighted by molar-refractivity contribution is -0.302. The number of ether oxygens (including phenoxy) is 3. The van der Waals surface area contributed by atoms with Crippen molar-refractivity contribution in [3.63, 3.8) is 0 Å². The van der Waals surface area contributed by atoms with Gasteiger partial charge in [0.25, 0.3) is 0 Å². The van der Waals surface area contributed by atoms with Crippen molar-refractivity contribution in [1.82, 2.24) is 5.32 Å². The van der Waals surface area contributed by atoms with E-state index in [0.29, 0.717) is 19.4 Å². The Labute approximate surface area is 453 Å². The summed E-state index contributed by atoms with van der Waals surface area (Å²) >= 11 is 0. The fraction of sp³-hybridized carbons (Fsp3) is 0.873. The minimum absolute atomic E-state index is 0.0112. The third kappa shape index (κ3) is 42.0. The molecule has 0 aliphatic carbocycles. The van der Waals surface area contributed by atoms with Gasteiger partial charge in [-0.2, -0.15) is 0 Å². The number of hydrogen-bond acceptors (Lipinski definition) is 10. The van der Waals surface area contributed by atoms with Gasteiger partial charge >= 0.3 is 5.97 Å². The Morgan fingerprint density at radius 3 is 1.30 bits per heavy atom. The molecule has 0 saturated carbocycles. The van der Waals surface area contributed by atoms with E-state index in [9.17, 15) is 35.1 Å². The highest BCUT2D eigenvalue weighted by Crippen LogP contribution is 2.23. The van der Waals surface area contributed by atoms with Crippen LogP contribution in [0.2, 0.25) is 0 Å². The quantitative estimate of drug-likeness (QED) is 0.0195. The average molecular weight is 1050 g/mol. The zero-order valence-electron chi connectivity index (χ0n) is 47.8. The molecule has 0 aromatic carbocycles. The zero-order chi connectivity index (χ0) is 53.8. The first-order valence-electron chi connectivity index (χ1n) is 31.3. The van der Waals surface area contributed by atoms with Crippen molar-refractivity contribution in [2.45, 2.75) is 333 Å². The van der Waals surface area contributed by atoms with Crippen molar-refractivity contribution in [2.75, 3.05) is 19.8 Å². The van der Waals surface area contributed by atoms with Crippen LogP contribution in [-0.2, 0) is 23.8 Å². The van der Waals surface area contributed by atoms with Crippen molar-refractivity contribution in [2.24, 2.45) is 0 Å². The van der Waals surface area contributed by atoms with E-state index in [4.69, 9.17) is 14.2 Å². The first-order chi connectivity index (χ1) is 36.2. The van der Waals surface area contributed by atoms with Gasteiger partial charge in [0, 0.05) is 12.8 Å². The van der Waals surface area contributed by atoms with Crippen molar-refractivity contribution < 1.29 is 49.3 Å². The molecule has 0 spiro atoms. The summed E-state index contributed by atoms with van der Waals surface area (Å²) < 4.78 is 16.7. The Morgan fingerprint density at radius 1 is 0.486 bits per heavy atom. The molecule has 1 rings (SSSR count). The highest BCUT2D eigenvalue weighted by molar-refractivity contribution is 5.76. The van der Waals surface area contributed by atoms with Gasteiger partial charge in [-0.1, -0.05) is 230 Å². The summed E-state index contributed by atoms with van der Waals surface area (Å²) in [6, 6.07) is -0.815. The van der Waals surface area contributed by atoms with E-state index in [-0.39, 0.29) is 18.5 Å². The van der Waals surface area contributed by atoms with Crippen LogP contribution in [0.15, 0.2) is 36.5 Å². The fourth-order valence-corrected chi connectivity index (χ4v) is 9.72. The molecular weight excluding hydrogens is 931 g/mol. The topological polar surface area (TPSA) is 175 Å². The molecule has 1 aliphatic rings. The molecule has 1 amide bonds. The maximum absolute atomic E-state index is 13.0. The number of rotatable bonds is 54. The van der Waals surface area contributed by atoms with Gasteiger partial charge in [0.2, 0.25) is 5.91 Å². The third-order valence-electron chi connectivity index (χ3n) is 14.7. The van der Waals surface area contributed by atoms with Crippen LogP contribution < -0.4 is 5.32 Å². The van der Waals surface area contributed by atoms with Gasteiger partial charge in [-0.05, 0) is 83.5 Å². The normalized spacial score (nSPS) is 19.0. The Morgan fingerprint density at radius 2 is 0.865 bits per heavy atom. The van der Waals surface area contributed by atoms with Gasteiger partial charge in [-0.15, -0.1) is 0 Å². The largest absolute Gasteiger partial charge is 0.466 e. The van der Waals surface area contributed by atoms with Gasteiger partial charge in [0.05, 0.1) is 32.0 Å². The van der Waals surface area contributed by atoms with E-state index in [1.54, 1.807) is 6.08 Å². The maximum Gasteiger partial charge on any atom is 0.305 e. The molecule has 74 heavy (non-hydrogen) atoms. The Bertz CT molecular complexity index is 1320. The lowest BCUT2D eigenvalue weighted by Crippen LogP contribution is -2.60. The van der Waals surface area contributed by atoms with E-state index in [2.05, 4.69) is 43.5 Å². The predicted molar refractivity (Wildman–Crippen MR) is 306 cm³/mol. The number of aliphatic hydroxyl groups is 5. The van der Waals surface area contributed by atoms with Gasteiger partial charge in [0.1, 0.15) is 24.4 Å². The molecular formula is C63H117NO10. The first-order valence-corrected chi connectivity index (χ1v) is 31.3. The van der Waals surface area contributed by atoms with Crippen LogP contribution in [0, 0.1) is 0 Å². The van der Waals surface area contributed by atoms with Crippen LogP contribution in [-0.4, -0.2) is 100 Å². The second kappa shape index (κ2) is 52.9. The molecule has 1 fully saturated rings. The van der Waals surface area contributed by atoms with E-state index in [1.807, 2.05) is 6.08 Å². The second-order valence-electron chi connectivity index (χ2n) is 21.8. The molecule has 11 heteroatoms. The monoisotopic (exact) mass is 1050 g/mol. The SMILES string of the molecule is CCCCCCCC/C=C\CCCCCCCCCC(=O)OCCCCCCCCCCC/C=C\CCCCCCCCCC(=O)NC(COC1OC(CO)C(O)C(O)C1O)C(O)/C=C/CCCCCCCCC. The molecule has 7 atom stereocenters. The zero-order valence-corrected chi connectivity index (χ0v) is 47.8. The number of aliphatic hydroxyl groups excluding tert-OH is 5. The van der Waals surface area contributed by atoms with Crippen LogP contribution in [0.25, 0.3) is 0 Å². The summed E-state index contributed by atoms with van der Waals surface area (Å²) in [7, 11) is 0. The molecule has 0 aromatic rings. The summed E-state index contributed by atoms with van der Waals surface area (Å²) in [5, 5.41) is 54.2. The van der Waals surface area contributed by atoms with Crippen molar-refractivity contribution in [3.05, 3.63) is 36.5 Å². The van der Waals surface area contributed by atoms with Crippen molar-refractivity contribution in [1.29, 1.82) is 0 Å². The fourth-order valence-electron chi connectivity index (χ4n) is 9.72. The number of unbranched alkanes of at least 4 members (excludes halogenated alkanes) is 36. The van der Waals surface area contributed by atoms with Gasteiger partial charge in [-0.3, -0.25) is 9.59 Å². The number of carbonyl (C=O) groups excluding carboxylic acids is 2. The van der Waals surface area contributed by atoms with Crippen LogP contribution in [0.5, 0.6) is 0 Å². The Hall–Kier alpha value is -2.12. The van der Waals surface area contributed by atoms with Crippen LogP contribution in [0.4, 0.5) is 0 Å². The maximum atomic E-state index is 13.0.